The number of carboxylic acid groups (broad SMARTS) is 1. The first kappa shape index (κ1) is 52.4. The molecule has 19 heteroatoms. The summed E-state index contributed by atoms with van der Waals surface area (Å²) in [6.07, 6.45) is 4.90. The van der Waals surface area contributed by atoms with E-state index in [1.807, 2.05) is 31.3 Å². The minimum Gasteiger partial charge on any atom is -0.396 e. The number of nitrogens with zero attached hydrogens (tertiary/aromatic N) is 6. The number of Topliss-reactive ketones (excluding diaryl/α,β-unsaturated/α-hetero) is 1. The Morgan fingerprint density at radius 1 is 0.734 bits per heavy atom. The molecule has 0 bridgehead atoms. The van der Waals surface area contributed by atoms with Crippen LogP contribution in [0.15, 0.2) is 97.6 Å². The fourth-order valence-electron chi connectivity index (χ4n) is 7.42. The van der Waals surface area contributed by atoms with Crippen LogP contribution in [0, 0.1) is 12.8 Å². The van der Waals surface area contributed by atoms with E-state index in [-0.39, 0.29) is 62.3 Å². The van der Waals surface area contributed by atoms with Gasteiger partial charge in [0.25, 0.3) is 0 Å². The normalized spacial score (nSPS) is 15.0. The summed E-state index contributed by atoms with van der Waals surface area (Å²) in [7, 11) is -0.353. The number of fused-ring (bicyclic) bond motifs is 4. The summed E-state index contributed by atoms with van der Waals surface area (Å²) in [6, 6.07) is 22.8. The molecular weight excluding hydrogens is 1280 g/mol. The number of aromatic carboxylic acids is 1. The van der Waals surface area contributed by atoms with Crippen molar-refractivity contribution < 1.29 is 38.1 Å². The third-order valence-electron chi connectivity index (χ3n) is 10.9. The molecule has 0 spiro atoms. The van der Waals surface area contributed by atoms with Crippen molar-refractivity contribution >= 4 is 86.8 Å². The van der Waals surface area contributed by atoms with Gasteiger partial charge >= 0.3 is 75.9 Å². The van der Waals surface area contributed by atoms with Gasteiger partial charge in [-0.05, 0) is 91.1 Å². The van der Waals surface area contributed by atoms with Crippen molar-refractivity contribution in [1.29, 1.82) is 0 Å². The Morgan fingerprint density at radius 2 is 1.23 bits per heavy atom. The van der Waals surface area contributed by atoms with Crippen LogP contribution in [0.5, 0.6) is 0 Å². The SMILES string of the molecule is Cc1ccc2nc(C(=O)O)cn2c1.II(I)I.NC(CO)CCN1CCc2ccccc2C1.O=C(CC(CO)CCN1CCc2ccccc2C1)c1cn2cc(C(F)(F)F)ccc2n1. The second-order valence-corrected chi connectivity index (χ2v) is 64.4. The van der Waals surface area contributed by atoms with Gasteiger partial charge in [-0.25, -0.2) is 14.8 Å². The number of imidazole rings is 2. The van der Waals surface area contributed by atoms with E-state index in [0.717, 1.165) is 76.4 Å². The average Bonchev–Trinajstić information content (AvgIpc) is 3.91. The number of ketones is 1. The number of halogens is 7. The monoisotopic (exact) mass is 1340 g/mol. The van der Waals surface area contributed by atoms with Crippen LogP contribution >= 0.6 is 63.7 Å². The number of pyridine rings is 2. The van der Waals surface area contributed by atoms with Gasteiger partial charge in [-0.15, -0.1) is 0 Å². The third-order valence-corrected chi connectivity index (χ3v) is 10.9. The molecule has 0 saturated carbocycles. The molecule has 346 valence electrons. The number of hydrogen-bond donors (Lipinski definition) is 4. The number of alkyl halides is 3. The van der Waals surface area contributed by atoms with E-state index in [1.165, 1.54) is 45.1 Å². The van der Waals surface area contributed by atoms with E-state index >= 15 is 0 Å². The predicted molar refractivity (Wildman–Crippen MR) is 278 cm³/mol. The molecule has 2 aromatic carbocycles. The van der Waals surface area contributed by atoms with Gasteiger partial charge in [0, 0.05) is 76.6 Å². The second-order valence-electron chi connectivity index (χ2n) is 15.7. The number of aromatic nitrogens is 4. The molecule has 0 aliphatic carbocycles. The summed E-state index contributed by atoms with van der Waals surface area (Å²) < 4.78 is 41.6. The Kier molecular flexibility index (Phi) is 20.9. The molecule has 2 unspecified atom stereocenters. The zero-order valence-electron chi connectivity index (χ0n) is 35.1. The van der Waals surface area contributed by atoms with E-state index in [9.17, 15) is 27.9 Å². The molecule has 12 nitrogen and oxygen atoms in total. The number of rotatable bonds is 12. The molecule has 0 amide bonds. The molecule has 0 saturated heterocycles. The number of carboxylic acids is 1. The smallest absolute Gasteiger partial charge is 0.396 e. The molecule has 4 aromatic heterocycles. The van der Waals surface area contributed by atoms with Crippen molar-refractivity contribution in [1.82, 2.24) is 28.6 Å². The largest absolute Gasteiger partial charge is 0.417 e. The quantitative estimate of drug-likeness (QED) is 0.0686. The van der Waals surface area contributed by atoms with Crippen LogP contribution in [0.2, 0.25) is 0 Å². The molecule has 0 fully saturated rings. The summed E-state index contributed by atoms with van der Waals surface area (Å²) in [6.45, 7) is 7.59. The molecule has 64 heavy (non-hydrogen) atoms. The molecule has 2 aliphatic heterocycles. The van der Waals surface area contributed by atoms with Crippen LogP contribution < -0.4 is 5.73 Å². The molecule has 5 N–H and O–H groups in total. The fourth-order valence-corrected chi connectivity index (χ4v) is 7.42. The van der Waals surface area contributed by atoms with Crippen molar-refractivity contribution in [3.05, 3.63) is 142 Å². The number of carbonyl (C=O) groups excluding carboxylic acids is 1. The number of aliphatic hydroxyl groups is 2. The summed E-state index contributed by atoms with van der Waals surface area (Å²) in [4.78, 5) is 36.0. The summed E-state index contributed by atoms with van der Waals surface area (Å²) in [5.74, 6) is -1.50. The Labute approximate surface area is 407 Å². The maximum atomic E-state index is 12.9. The maximum absolute atomic E-state index is 12.9. The minimum atomic E-state index is -4.46. The van der Waals surface area contributed by atoms with Gasteiger partial charge in [-0.2, -0.15) is 13.2 Å². The Bertz CT molecular complexity index is 2450. The van der Waals surface area contributed by atoms with Gasteiger partial charge in [0.2, 0.25) is 0 Å². The van der Waals surface area contributed by atoms with Crippen LogP contribution in [-0.2, 0) is 32.1 Å². The number of nitrogens with two attached hydrogens (primary N) is 1. The van der Waals surface area contributed by atoms with Gasteiger partial charge < -0.3 is 29.9 Å². The first-order chi connectivity index (χ1) is 30.5. The van der Waals surface area contributed by atoms with Crippen LogP contribution in [0.1, 0.15) is 73.6 Å². The number of benzene rings is 2. The van der Waals surface area contributed by atoms with Gasteiger partial charge in [-0.1, -0.05) is 54.6 Å². The van der Waals surface area contributed by atoms with Gasteiger partial charge in [0.15, 0.2) is 11.5 Å². The first-order valence-corrected chi connectivity index (χ1v) is 39.4. The van der Waals surface area contributed by atoms with Crippen molar-refractivity contribution in [3.8, 4) is 0 Å². The topological polar surface area (TPSA) is 162 Å². The Hall–Kier alpha value is -2.53. The Morgan fingerprint density at radius 3 is 1.77 bits per heavy atom. The molecule has 6 aromatic rings. The van der Waals surface area contributed by atoms with E-state index < -0.39 is 17.7 Å². The van der Waals surface area contributed by atoms with Crippen LogP contribution in [0.4, 0.5) is 13.2 Å². The number of aliphatic hydroxyl groups excluding tert-OH is 2. The summed E-state index contributed by atoms with van der Waals surface area (Å²) >= 11 is 7.42. The maximum Gasteiger partial charge on any atom is 0.417 e. The standard InChI is InChI=1S/C23H24F3N3O2.C13H20N2O.C9H8N2O2.I4/c24-23(25,26)19-5-6-22-27-20(14-29(22)13-19)21(31)11-16(15-30)7-9-28-10-8-17-3-1-2-4-18(17)12-28;14-13(10-16)6-8-15-7-5-11-3-1-2-4-12(11)9-15;1-6-2-3-8-10-7(9(12)13)5-11(8)4-6;1-4(2)3/h1-6,13-14,16,30H,7-12,15H2;1-4,13,16H,5-10,14H2;2-5H,1H3,(H,12,13);. The van der Waals surface area contributed by atoms with E-state index in [4.69, 9.17) is 15.9 Å². The van der Waals surface area contributed by atoms with E-state index in [2.05, 4.69) is 112 Å². The Balaban J connectivity index is 0.000000194. The summed E-state index contributed by atoms with van der Waals surface area (Å²) in [5, 5.41) is 27.3. The molecule has 8 rings (SSSR count). The first-order valence-electron chi connectivity index (χ1n) is 20.6. The number of hydrogen-bond acceptors (Lipinski definition) is 9. The molecule has 6 heterocycles. The summed E-state index contributed by atoms with van der Waals surface area (Å²) in [5.41, 5.74) is 12.7. The third kappa shape index (κ3) is 16.4. The van der Waals surface area contributed by atoms with E-state index in [0.29, 0.717) is 12.1 Å². The second kappa shape index (κ2) is 25.6. The number of carbonyl (C=O) groups is 2. The van der Waals surface area contributed by atoms with Crippen LogP contribution in [0.25, 0.3) is 11.3 Å². The zero-order chi connectivity index (χ0) is 46.4. The van der Waals surface area contributed by atoms with Crippen molar-refractivity contribution in [3.63, 3.8) is 0 Å². The van der Waals surface area contributed by atoms with Gasteiger partial charge in [-0.3, -0.25) is 14.6 Å². The molecule has 2 atom stereocenters. The molecule has 0 radical (unpaired) electrons. The minimum absolute atomic E-state index is 0.0721. The average molecular weight is 1340 g/mol. The molecule has 2 aliphatic rings. The van der Waals surface area contributed by atoms with Gasteiger partial charge in [0.05, 0.1) is 12.2 Å². The molecular formula is C45H52F3I4N7O5. The van der Waals surface area contributed by atoms with E-state index in [1.54, 1.807) is 10.5 Å². The van der Waals surface area contributed by atoms with Crippen LogP contribution in [-0.4, -0.2) is 101 Å². The fraction of sp³-hybridized carbons (Fsp3) is 0.378. The zero-order valence-corrected chi connectivity index (χ0v) is 43.8. The van der Waals surface area contributed by atoms with Crippen molar-refractivity contribution in [2.45, 2.75) is 64.3 Å². The van der Waals surface area contributed by atoms with Crippen molar-refractivity contribution in [2.75, 3.05) is 39.4 Å². The van der Waals surface area contributed by atoms with Crippen LogP contribution in [0.3, 0.4) is 0 Å². The predicted octanol–water partition coefficient (Wildman–Crippen LogP) is 9.62. The number of aryl methyl sites for hydroxylation is 1. The van der Waals surface area contributed by atoms with Crippen molar-refractivity contribution in [2.24, 2.45) is 11.7 Å². The van der Waals surface area contributed by atoms with Gasteiger partial charge in [0.1, 0.15) is 17.0 Å².